The average molecular weight is 747 g/mol. The molecule has 0 N–H and O–H groups in total. The van der Waals surface area contributed by atoms with Gasteiger partial charge in [0.1, 0.15) is 0 Å². The largest absolute Gasteiger partial charge is 0.333 e. The molecule has 11 aromatic rings. The van der Waals surface area contributed by atoms with Crippen LogP contribution in [0, 0.1) is 0 Å². The molecule has 4 heterocycles. The summed E-state index contributed by atoms with van der Waals surface area (Å²) in [6, 6.07) is 59.2. The van der Waals surface area contributed by atoms with Crippen LogP contribution in [0.3, 0.4) is 0 Å². The van der Waals surface area contributed by atoms with Gasteiger partial charge in [-0.15, -0.1) is 11.3 Å². The molecule has 57 heavy (non-hydrogen) atoms. The second kappa shape index (κ2) is 12.7. The van der Waals surface area contributed by atoms with Gasteiger partial charge >= 0.3 is 0 Å². The molecule has 0 fully saturated rings. The summed E-state index contributed by atoms with van der Waals surface area (Å²) in [4.78, 5) is 11.1. The number of aromatic nitrogens is 4. The first kappa shape index (κ1) is 32.2. The van der Waals surface area contributed by atoms with Crippen LogP contribution in [0.5, 0.6) is 0 Å². The van der Waals surface area contributed by atoms with Crippen molar-refractivity contribution in [1.82, 2.24) is 19.1 Å². The number of hydrogen-bond donors (Lipinski definition) is 0. The summed E-state index contributed by atoms with van der Waals surface area (Å²) in [6.45, 7) is 0. The highest BCUT2D eigenvalue weighted by Crippen LogP contribution is 2.44. The Balaban J connectivity index is 1.20. The molecule has 1 unspecified atom stereocenters. The summed E-state index contributed by atoms with van der Waals surface area (Å²) in [6.07, 6.45) is 9.85. The van der Waals surface area contributed by atoms with Gasteiger partial charge in [0, 0.05) is 69.6 Å². The maximum Gasteiger partial charge on any atom is 0.161 e. The van der Waals surface area contributed by atoms with Gasteiger partial charge in [0.05, 0.1) is 34.0 Å². The maximum absolute atomic E-state index is 5.57. The predicted molar refractivity (Wildman–Crippen MR) is 241 cm³/mol. The minimum Gasteiger partial charge on any atom is -0.333 e. The summed E-state index contributed by atoms with van der Waals surface area (Å²) in [5, 5.41) is 7.38. The van der Waals surface area contributed by atoms with Gasteiger partial charge < -0.3 is 9.13 Å². The fourth-order valence-corrected chi connectivity index (χ4v) is 10.4. The van der Waals surface area contributed by atoms with Crippen LogP contribution >= 0.6 is 11.3 Å². The zero-order valence-electron chi connectivity index (χ0n) is 30.9. The van der Waals surface area contributed by atoms with E-state index < -0.39 is 0 Å². The normalized spacial score (nSPS) is 14.3. The van der Waals surface area contributed by atoms with Gasteiger partial charge in [0.2, 0.25) is 0 Å². The summed E-state index contributed by atoms with van der Waals surface area (Å²) >= 11 is 1.82. The molecule has 12 rings (SSSR count). The quantitative estimate of drug-likeness (QED) is 0.176. The van der Waals surface area contributed by atoms with E-state index in [2.05, 4.69) is 197 Å². The lowest BCUT2D eigenvalue weighted by atomic mass is 10.0. The predicted octanol–water partition coefficient (Wildman–Crippen LogP) is 14.1. The van der Waals surface area contributed by atoms with E-state index >= 15 is 0 Å². The van der Waals surface area contributed by atoms with Crippen LogP contribution in [-0.2, 0) is 0 Å². The monoisotopic (exact) mass is 746 g/mol. The third-order valence-electron chi connectivity index (χ3n) is 11.7. The van der Waals surface area contributed by atoms with E-state index in [1.165, 1.54) is 58.3 Å². The number of rotatable bonds is 5. The van der Waals surface area contributed by atoms with Crippen molar-refractivity contribution in [3.05, 3.63) is 188 Å². The lowest BCUT2D eigenvalue weighted by Gasteiger charge is -2.20. The molecule has 4 nitrogen and oxygen atoms in total. The fraction of sp³-hybridized carbons (Fsp3) is 0.0385. The molecular weight excluding hydrogens is 713 g/mol. The van der Waals surface area contributed by atoms with Crippen LogP contribution < -0.4 is 0 Å². The first-order valence-corrected chi connectivity index (χ1v) is 20.3. The van der Waals surface area contributed by atoms with Crippen molar-refractivity contribution in [2.75, 3.05) is 0 Å². The molecule has 5 heteroatoms. The van der Waals surface area contributed by atoms with Crippen molar-refractivity contribution in [1.29, 1.82) is 0 Å². The lowest BCUT2D eigenvalue weighted by molar-refractivity contribution is 0.648. The van der Waals surface area contributed by atoms with Crippen molar-refractivity contribution >= 4 is 75.1 Å². The number of benzene rings is 7. The number of allylic oxidation sites excluding steroid dienone is 4. The molecule has 1 aliphatic rings. The van der Waals surface area contributed by atoms with Crippen molar-refractivity contribution < 1.29 is 0 Å². The molecule has 0 saturated heterocycles. The second-order valence-corrected chi connectivity index (χ2v) is 15.9. The molecule has 1 atom stereocenters. The number of hydrogen-bond acceptors (Lipinski definition) is 3. The van der Waals surface area contributed by atoms with E-state index in [-0.39, 0.29) is 6.04 Å². The van der Waals surface area contributed by atoms with Gasteiger partial charge in [-0.2, -0.15) is 0 Å². The molecule has 4 aromatic heterocycles. The molecule has 268 valence electrons. The van der Waals surface area contributed by atoms with Crippen LogP contribution in [0.1, 0.15) is 12.5 Å². The molecule has 0 spiro atoms. The number of fused-ring (bicyclic) bond motifs is 9. The number of nitrogens with zero attached hydrogens (tertiary/aromatic N) is 4. The Morgan fingerprint density at radius 1 is 0.491 bits per heavy atom. The minimum atomic E-state index is 0.182. The lowest BCUT2D eigenvalue weighted by Crippen LogP contribution is -2.07. The van der Waals surface area contributed by atoms with E-state index in [9.17, 15) is 0 Å². The van der Waals surface area contributed by atoms with Crippen LogP contribution in [0.4, 0.5) is 0 Å². The van der Waals surface area contributed by atoms with Crippen LogP contribution in [0.2, 0.25) is 0 Å². The van der Waals surface area contributed by atoms with Gasteiger partial charge in [0.15, 0.2) is 5.82 Å². The molecule has 0 radical (unpaired) electrons. The SMILES string of the molecule is C1=CCC(n2c3ccccc3c3cccc(-c4cc(-c5cccc6c7ccccc7n(-c7ccccc7)c56)nc(-c5cccc6c5sc5ccccc56)n4)c32)C=C1. The van der Waals surface area contributed by atoms with Crippen molar-refractivity contribution in [2.45, 2.75) is 12.5 Å². The summed E-state index contributed by atoms with van der Waals surface area (Å²) in [5.74, 6) is 0.721. The van der Waals surface area contributed by atoms with Gasteiger partial charge in [-0.05, 0) is 48.9 Å². The molecule has 7 aromatic carbocycles. The molecule has 0 saturated carbocycles. The standard InChI is InChI=1S/C52H34N4S/c1-3-16-33(17-4-1)55-46-29-10-7-20-35(46)38-23-13-26-41(49(38)55)44-32-45(54-52(53-44)43-28-15-25-40-37-22-9-12-31-48(37)57-51(40)43)42-27-14-24-39-36-21-8-11-30-47(36)56(50(39)42)34-18-5-2-6-19-34/h1-18,20-32,34H,19H2. The Kier molecular flexibility index (Phi) is 7.19. The first-order chi connectivity index (χ1) is 28.3. The summed E-state index contributed by atoms with van der Waals surface area (Å²) in [5.41, 5.74) is 10.8. The Bertz CT molecular complexity index is 3450. The highest BCUT2D eigenvalue weighted by Gasteiger charge is 2.24. The van der Waals surface area contributed by atoms with Gasteiger partial charge in [-0.3, -0.25) is 0 Å². The van der Waals surface area contributed by atoms with E-state index in [0.29, 0.717) is 0 Å². The number of para-hydroxylation sites is 5. The Labute approximate surface area is 332 Å². The molecular formula is C52H34N4S. The third kappa shape index (κ3) is 4.92. The fourth-order valence-electron chi connectivity index (χ4n) is 9.20. The third-order valence-corrected chi connectivity index (χ3v) is 12.9. The summed E-state index contributed by atoms with van der Waals surface area (Å²) < 4.78 is 7.39. The first-order valence-electron chi connectivity index (χ1n) is 19.5. The van der Waals surface area contributed by atoms with E-state index in [4.69, 9.17) is 9.97 Å². The zero-order valence-corrected chi connectivity index (χ0v) is 31.7. The Morgan fingerprint density at radius 2 is 1.09 bits per heavy atom. The molecule has 1 aliphatic carbocycles. The van der Waals surface area contributed by atoms with Crippen LogP contribution in [0.25, 0.3) is 103 Å². The zero-order chi connectivity index (χ0) is 37.5. The van der Waals surface area contributed by atoms with Crippen LogP contribution in [0.15, 0.2) is 188 Å². The molecule has 0 amide bonds. The van der Waals surface area contributed by atoms with Crippen LogP contribution in [-0.4, -0.2) is 19.1 Å². The Hall–Kier alpha value is -7.08. The highest BCUT2D eigenvalue weighted by atomic mass is 32.1. The van der Waals surface area contributed by atoms with E-state index in [1.807, 2.05) is 11.3 Å². The van der Waals surface area contributed by atoms with Gasteiger partial charge in [-0.1, -0.05) is 146 Å². The van der Waals surface area contributed by atoms with E-state index in [1.54, 1.807) is 0 Å². The maximum atomic E-state index is 5.57. The summed E-state index contributed by atoms with van der Waals surface area (Å²) in [7, 11) is 0. The average Bonchev–Trinajstić information content (AvgIpc) is 3.95. The van der Waals surface area contributed by atoms with Crippen molar-refractivity contribution in [3.63, 3.8) is 0 Å². The number of thiophene rings is 1. The van der Waals surface area contributed by atoms with Crippen molar-refractivity contribution in [2.24, 2.45) is 0 Å². The highest BCUT2D eigenvalue weighted by molar-refractivity contribution is 7.26. The minimum absolute atomic E-state index is 0.182. The molecule has 0 aliphatic heterocycles. The Morgan fingerprint density at radius 3 is 1.84 bits per heavy atom. The molecule has 0 bridgehead atoms. The van der Waals surface area contributed by atoms with E-state index in [0.717, 1.165) is 51.5 Å². The van der Waals surface area contributed by atoms with Gasteiger partial charge in [-0.25, -0.2) is 9.97 Å². The van der Waals surface area contributed by atoms with Gasteiger partial charge in [0.25, 0.3) is 0 Å². The van der Waals surface area contributed by atoms with Crippen molar-refractivity contribution in [3.8, 4) is 39.6 Å². The topological polar surface area (TPSA) is 35.6 Å². The second-order valence-electron chi connectivity index (χ2n) is 14.8. The smallest absolute Gasteiger partial charge is 0.161 e.